The highest BCUT2D eigenvalue weighted by Crippen LogP contribution is 2.20. The second kappa shape index (κ2) is 6.19. The van der Waals surface area contributed by atoms with E-state index in [2.05, 4.69) is 20.3 Å². The van der Waals surface area contributed by atoms with E-state index in [1.54, 1.807) is 18.2 Å². The van der Waals surface area contributed by atoms with Gasteiger partial charge in [-0.3, -0.25) is 0 Å². The zero-order chi connectivity index (χ0) is 14.7. The van der Waals surface area contributed by atoms with Gasteiger partial charge in [0.05, 0.1) is 18.9 Å². The van der Waals surface area contributed by atoms with E-state index in [0.717, 1.165) is 0 Å². The van der Waals surface area contributed by atoms with Gasteiger partial charge in [-0.1, -0.05) is 12.1 Å². The Bertz CT molecular complexity index is 636. The van der Waals surface area contributed by atoms with Crippen molar-refractivity contribution in [3.63, 3.8) is 0 Å². The Hall–Kier alpha value is -1.99. The molecule has 1 saturated heterocycles. The van der Waals surface area contributed by atoms with Crippen LogP contribution in [0.5, 0.6) is 0 Å². The van der Waals surface area contributed by atoms with Gasteiger partial charge in [-0.25, -0.2) is 4.39 Å². The smallest absolute Gasteiger partial charge is 0.233 e. The number of nitrogens with zero attached hydrogens (tertiary/aromatic N) is 4. The topological polar surface area (TPSA) is 63.2 Å². The highest BCUT2D eigenvalue weighted by atomic mass is 35.5. The predicted octanol–water partition coefficient (Wildman–Crippen LogP) is 2.24. The van der Waals surface area contributed by atoms with Crippen molar-refractivity contribution < 1.29 is 9.13 Å². The number of benzene rings is 1. The van der Waals surface area contributed by atoms with E-state index in [1.807, 2.05) is 4.90 Å². The van der Waals surface area contributed by atoms with Gasteiger partial charge in [0.25, 0.3) is 0 Å². The van der Waals surface area contributed by atoms with Crippen LogP contribution in [0.1, 0.15) is 0 Å². The Morgan fingerprint density at radius 1 is 1.14 bits per heavy atom. The largest absolute Gasteiger partial charge is 0.378 e. The molecule has 0 spiro atoms. The molecule has 1 fully saturated rings. The van der Waals surface area contributed by atoms with Gasteiger partial charge in [0.2, 0.25) is 17.2 Å². The van der Waals surface area contributed by atoms with Crippen LogP contribution in [0.4, 0.5) is 22.0 Å². The molecule has 1 N–H and O–H groups in total. The second-order valence-electron chi connectivity index (χ2n) is 4.43. The number of nitrogens with one attached hydrogen (secondary N) is 1. The maximum Gasteiger partial charge on any atom is 0.233 e. The van der Waals surface area contributed by atoms with Gasteiger partial charge in [0.1, 0.15) is 5.82 Å². The molecule has 1 aliphatic heterocycles. The van der Waals surface area contributed by atoms with Crippen LogP contribution >= 0.6 is 11.6 Å². The molecule has 6 nitrogen and oxygen atoms in total. The Balaban J connectivity index is 1.85. The Kier molecular flexibility index (Phi) is 4.12. The van der Waals surface area contributed by atoms with Crippen LogP contribution in [-0.4, -0.2) is 41.3 Å². The fourth-order valence-corrected chi connectivity index (χ4v) is 2.14. The lowest BCUT2D eigenvalue weighted by atomic mass is 10.3. The molecule has 0 atom stereocenters. The standard InChI is InChI=1S/C13H13ClFN5O/c14-11-17-12(16-10-4-2-1-3-9(10)15)19-13(18-11)20-5-7-21-8-6-20/h1-4H,5-8H2,(H,16,17,18,19). The summed E-state index contributed by atoms with van der Waals surface area (Å²) in [7, 11) is 0. The maximum absolute atomic E-state index is 13.6. The summed E-state index contributed by atoms with van der Waals surface area (Å²) in [6.45, 7) is 2.58. The van der Waals surface area contributed by atoms with Crippen LogP contribution in [-0.2, 0) is 4.74 Å². The van der Waals surface area contributed by atoms with E-state index in [4.69, 9.17) is 16.3 Å². The summed E-state index contributed by atoms with van der Waals surface area (Å²) < 4.78 is 18.9. The first kappa shape index (κ1) is 14.0. The van der Waals surface area contributed by atoms with Gasteiger partial charge in [-0.2, -0.15) is 15.0 Å². The SMILES string of the molecule is Fc1ccccc1Nc1nc(Cl)nc(N2CCOCC2)n1. The van der Waals surface area contributed by atoms with Crippen molar-refractivity contribution in [2.45, 2.75) is 0 Å². The Morgan fingerprint density at radius 2 is 1.90 bits per heavy atom. The fraction of sp³-hybridized carbons (Fsp3) is 0.308. The van der Waals surface area contributed by atoms with Crippen molar-refractivity contribution in [3.8, 4) is 0 Å². The van der Waals surface area contributed by atoms with Crippen LogP contribution in [0.15, 0.2) is 24.3 Å². The molecule has 8 heteroatoms. The third-order valence-corrected chi connectivity index (χ3v) is 3.18. The van der Waals surface area contributed by atoms with Crippen LogP contribution in [0, 0.1) is 5.82 Å². The van der Waals surface area contributed by atoms with Crippen LogP contribution < -0.4 is 10.2 Å². The van der Waals surface area contributed by atoms with Gasteiger partial charge in [0, 0.05) is 13.1 Å². The Morgan fingerprint density at radius 3 is 2.67 bits per heavy atom. The van der Waals surface area contributed by atoms with Gasteiger partial charge in [-0.05, 0) is 23.7 Å². The highest BCUT2D eigenvalue weighted by molar-refractivity contribution is 6.28. The molecule has 0 radical (unpaired) electrons. The zero-order valence-electron chi connectivity index (χ0n) is 11.1. The van der Waals surface area contributed by atoms with E-state index in [-0.39, 0.29) is 22.7 Å². The van der Waals surface area contributed by atoms with Crippen molar-refractivity contribution in [1.82, 2.24) is 15.0 Å². The molecule has 2 aromatic rings. The first-order valence-electron chi connectivity index (χ1n) is 6.48. The van der Waals surface area contributed by atoms with E-state index in [1.165, 1.54) is 6.07 Å². The van der Waals surface area contributed by atoms with E-state index < -0.39 is 0 Å². The molecule has 0 amide bonds. The number of aromatic nitrogens is 3. The average molecular weight is 310 g/mol. The van der Waals surface area contributed by atoms with Crippen molar-refractivity contribution >= 4 is 29.2 Å². The maximum atomic E-state index is 13.6. The van der Waals surface area contributed by atoms with Crippen LogP contribution in [0.3, 0.4) is 0 Å². The van der Waals surface area contributed by atoms with E-state index in [0.29, 0.717) is 32.3 Å². The Labute approximate surface area is 125 Å². The third kappa shape index (κ3) is 3.37. The number of morpholine rings is 1. The lowest BCUT2D eigenvalue weighted by Crippen LogP contribution is -2.37. The molecule has 0 aliphatic carbocycles. The fourth-order valence-electron chi connectivity index (χ4n) is 1.98. The summed E-state index contributed by atoms with van der Waals surface area (Å²) in [5.41, 5.74) is 0.285. The summed E-state index contributed by atoms with van der Waals surface area (Å²) in [6.07, 6.45) is 0. The van der Waals surface area contributed by atoms with Crippen molar-refractivity contribution in [1.29, 1.82) is 0 Å². The second-order valence-corrected chi connectivity index (χ2v) is 4.77. The normalized spacial score (nSPS) is 15.0. The van der Waals surface area contributed by atoms with Crippen molar-refractivity contribution in [2.24, 2.45) is 0 Å². The number of rotatable bonds is 3. The minimum Gasteiger partial charge on any atom is -0.378 e. The van der Waals surface area contributed by atoms with Gasteiger partial charge >= 0.3 is 0 Å². The summed E-state index contributed by atoms with van der Waals surface area (Å²) in [5.74, 6) is 0.278. The van der Waals surface area contributed by atoms with E-state index in [9.17, 15) is 4.39 Å². The quantitative estimate of drug-likeness (QED) is 0.938. The molecule has 1 aromatic heterocycles. The highest BCUT2D eigenvalue weighted by Gasteiger charge is 2.16. The molecule has 0 unspecified atom stereocenters. The van der Waals surface area contributed by atoms with Crippen LogP contribution in [0.2, 0.25) is 5.28 Å². The number of hydrogen-bond donors (Lipinski definition) is 1. The molecular weight excluding hydrogens is 297 g/mol. The number of halogens is 2. The van der Waals surface area contributed by atoms with E-state index >= 15 is 0 Å². The van der Waals surface area contributed by atoms with Crippen molar-refractivity contribution in [3.05, 3.63) is 35.4 Å². The first-order chi connectivity index (χ1) is 10.2. The molecular formula is C13H13ClFN5O. The third-order valence-electron chi connectivity index (χ3n) is 3.01. The lowest BCUT2D eigenvalue weighted by Gasteiger charge is -2.26. The number of para-hydroxylation sites is 1. The summed E-state index contributed by atoms with van der Waals surface area (Å²) in [6, 6.07) is 6.28. The molecule has 0 bridgehead atoms. The van der Waals surface area contributed by atoms with Crippen LogP contribution in [0.25, 0.3) is 0 Å². The molecule has 2 heterocycles. The van der Waals surface area contributed by atoms with Crippen molar-refractivity contribution in [2.75, 3.05) is 36.5 Å². The molecule has 110 valence electrons. The minimum absolute atomic E-state index is 0.0605. The molecule has 1 aliphatic rings. The summed E-state index contributed by atoms with van der Waals surface area (Å²) >= 11 is 5.92. The average Bonchev–Trinajstić information content (AvgIpc) is 2.50. The zero-order valence-corrected chi connectivity index (χ0v) is 11.8. The number of anilines is 3. The lowest BCUT2D eigenvalue weighted by molar-refractivity contribution is 0.122. The summed E-state index contributed by atoms with van der Waals surface area (Å²) in [4.78, 5) is 14.3. The van der Waals surface area contributed by atoms with Gasteiger partial charge in [-0.15, -0.1) is 0 Å². The predicted molar refractivity (Wildman–Crippen MR) is 77.6 cm³/mol. The van der Waals surface area contributed by atoms with Gasteiger partial charge < -0.3 is 15.0 Å². The first-order valence-corrected chi connectivity index (χ1v) is 6.86. The van der Waals surface area contributed by atoms with Gasteiger partial charge in [0.15, 0.2) is 0 Å². The molecule has 1 aromatic carbocycles. The number of ether oxygens (including phenoxy) is 1. The molecule has 21 heavy (non-hydrogen) atoms. The monoisotopic (exact) mass is 309 g/mol. The molecule has 0 saturated carbocycles. The minimum atomic E-state index is -0.387. The number of hydrogen-bond acceptors (Lipinski definition) is 6. The summed E-state index contributed by atoms with van der Waals surface area (Å²) in [5, 5.41) is 2.87. The molecule has 3 rings (SSSR count).